The summed E-state index contributed by atoms with van der Waals surface area (Å²) < 4.78 is 1.67. The van der Waals surface area contributed by atoms with Crippen LogP contribution in [0.25, 0.3) is 5.69 Å². The first-order valence-corrected chi connectivity index (χ1v) is 5.64. The molecule has 0 bridgehead atoms. The van der Waals surface area contributed by atoms with Gasteiger partial charge in [0.2, 0.25) is 0 Å². The zero-order chi connectivity index (χ0) is 13.3. The van der Waals surface area contributed by atoms with Crippen molar-refractivity contribution in [3.05, 3.63) is 41.7 Å². The van der Waals surface area contributed by atoms with Gasteiger partial charge >= 0.3 is 5.97 Å². The molecule has 0 aliphatic heterocycles. The molecule has 0 aliphatic rings. The van der Waals surface area contributed by atoms with Gasteiger partial charge in [0, 0.05) is 5.41 Å². The Kier molecular flexibility index (Phi) is 2.90. The molecule has 5 nitrogen and oxygen atoms in total. The van der Waals surface area contributed by atoms with E-state index in [0.717, 1.165) is 5.69 Å². The van der Waals surface area contributed by atoms with Gasteiger partial charge in [-0.15, -0.1) is 5.10 Å². The standard InChI is InChI=1S/C13H15N3O2/c1-13(2,3)11-8-14-15-16(11)10-6-4-5-9(7-10)12(17)18/h4-8H,1-3H3,(H,17,18). The van der Waals surface area contributed by atoms with E-state index in [-0.39, 0.29) is 11.0 Å². The summed E-state index contributed by atoms with van der Waals surface area (Å²) in [5, 5.41) is 16.9. The molecule has 2 aromatic rings. The highest BCUT2D eigenvalue weighted by molar-refractivity contribution is 5.88. The Morgan fingerprint density at radius 3 is 2.67 bits per heavy atom. The number of hydrogen-bond acceptors (Lipinski definition) is 3. The molecule has 1 aromatic heterocycles. The molecular formula is C13H15N3O2. The van der Waals surface area contributed by atoms with E-state index >= 15 is 0 Å². The quantitative estimate of drug-likeness (QED) is 0.881. The molecule has 1 heterocycles. The van der Waals surface area contributed by atoms with Crippen molar-refractivity contribution < 1.29 is 9.90 Å². The number of carboxylic acid groups (broad SMARTS) is 1. The minimum atomic E-state index is -0.950. The number of aromatic carboxylic acids is 1. The zero-order valence-corrected chi connectivity index (χ0v) is 10.6. The molecule has 1 N–H and O–H groups in total. The first kappa shape index (κ1) is 12.3. The lowest BCUT2D eigenvalue weighted by atomic mass is 9.92. The van der Waals surface area contributed by atoms with Gasteiger partial charge in [-0.25, -0.2) is 9.48 Å². The van der Waals surface area contributed by atoms with Crippen molar-refractivity contribution in [3.63, 3.8) is 0 Å². The average molecular weight is 245 g/mol. The van der Waals surface area contributed by atoms with Gasteiger partial charge in [-0.1, -0.05) is 32.1 Å². The van der Waals surface area contributed by atoms with Crippen LogP contribution in [0, 0.1) is 0 Å². The Morgan fingerprint density at radius 2 is 2.06 bits per heavy atom. The van der Waals surface area contributed by atoms with Crippen LogP contribution in [0.15, 0.2) is 30.5 Å². The highest BCUT2D eigenvalue weighted by Crippen LogP contribution is 2.23. The van der Waals surface area contributed by atoms with Gasteiger partial charge in [-0.3, -0.25) is 0 Å². The van der Waals surface area contributed by atoms with Crippen molar-refractivity contribution >= 4 is 5.97 Å². The largest absolute Gasteiger partial charge is 0.478 e. The lowest BCUT2D eigenvalue weighted by Crippen LogP contribution is -2.17. The molecule has 94 valence electrons. The van der Waals surface area contributed by atoms with E-state index in [1.807, 2.05) is 6.07 Å². The number of carbonyl (C=O) groups is 1. The van der Waals surface area contributed by atoms with E-state index in [1.165, 1.54) is 0 Å². The van der Waals surface area contributed by atoms with Crippen molar-refractivity contribution in [2.24, 2.45) is 0 Å². The van der Waals surface area contributed by atoms with E-state index in [9.17, 15) is 4.79 Å². The van der Waals surface area contributed by atoms with Crippen LogP contribution in [0.2, 0.25) is 0 Å². The Labute approximate surface area is 105 Å². The SMILES string of the molecule is CC(C)(C)c1cnnn1-c1cccc(C(=O)O)c1. The second kappa shape index (κ2) is 4.25. The molecular weight excluding hydrogens is 230 g/mol. The monoisotopic (exact) mass is 245 g/mol. The van der Waals surface area contributed by atoms with E-state index in [1.54, 1.807) is 29.1 Å². The molecule has 0 unspecified atom stereocenters. The topological polar surface area (TPSA) is 68.0 Å². The summed E-state index contributed by atoms with van der Waals surface area (Å²) in [5.74, 6) is -0.950. The first-order chi connectivity index (χ1) is 8.39. The number of nitrogens with zero attached hydrogens (tertiary/aromatic N) is 3. The fourth-order valence-electron chi connectivity index (χ4n) is 1.71. The smallest absolute Gasteiger partial charge is 0.335 e. The van der Waals surface area contributed by atoms with Crippen molar-refractivity contribution in [1.29, 1.82) is 0 Å². The second-order valence-corrected chi connectivity index (χ2v) is 5.14. The summed E-state index contributed by atoms with van der Waals surface area (Å²) in [6, 6.07) is 6.66. The number of benzene rings is 1. The lowest BCUT2D eigenvalue weighted by Gasteiger charge is -2.19. The molecule has 2 rings (SSSR count). The maximum atomic E-state index is 11.0. The van der Waals surface area contributed by atoms with E-state index in [4.69, 9.17) is 5.11 Å². The summed E-state index contributed by atoms with van der Waals surface area (Å²) in [6.07, 6.45) is 1.70. The summed E-state index contributed by atoms with van der Waals surface area (Å²) >= 11 is 0. The van der Waals surface area contributed by atoms with Crippen LogP contribution < -0.4 is 0 Å². The van der Waals surface area contributed by atoms with Crippen molar-refractivity contribution in [3.8, 4) is 5.69 Å². The average Bonchev–Trinajstić information content (AvgIpc) is 2.77. The van der Waals surface area contributed by atoms with Gasteiger partial charge in [-0.2, -0.15) is 0 Å². The minimum Gasteiger partial charge on any atom is -0.478 e. The van der Waals surface area contributed by atoms with Crippen LogP contribution in [0.3, 0.4) is 0 Å². The Balaban J connectivity index is 2.53. The van der Waals surface area contributed by atoms with Crippen LogP contribution in [-0.4, -0.2) is 26.1 Å². The predicted octanol–water partition coefficient (Wildman–Crippen LogP) is 2.26. The van der Waals surface area contributed by atoms with Gasteiger partial charge in [0.05, 0.1) is 23.1 Å². The van der Waals surface area contributed by atoms with Gasteiger partial charge in [0.25, 0.3) is 0 Å². The van der Waals surface area contributed by atoms with Crippen LogP contribution in [0.4, 0.5) is 0 Å². The molecule has 0 atom stereocenters. The van der Waals surface area contributed by atoms with Gasteiger partial charge in [0.15, 0.2) is 0 Å². The van der Waals surface area contributed by atoms with Crippen molar-refractivity contribution in [2.75, 3.05) is 0 Å². The number of aromatic nitrogens is 3. The highest BCUT2D eigenvalue weighted by Gasteiger charge is 2.20. The molecule has 0 saturated heterocycles. The Bertz CT molecular complexity index is 582. The third kappa shape index (κ3) is 2.25. The molecule has 18 heavy (non-hydrogen) atoms. The molecule has 0 aliphatic carbocycles. The van der Waals surface area contributed by atoms with Gasteiger partial charge in [0.1, 0.15) is 0 Å². The first-order valence-electron chi connectivity index (χ1n) is 5.64. The van der Waals surface area contributed by atoms with Crippen LogP contribution in [-0.2, 0) is 5.41 Å². The Hall–Kier alpha value is -2.17. The van der Waals surface area contributed by atoms with Crippen LogP contribution in [0.5, 0.6) is 0 Å². The molecule has 0 radical (unpaired) electrons. The molecule has 0 spiro atoms. The highest BCUT2D eigenvalue weighted by atomic mass is 16.4. The summed E-state index contributed by atoms with van der Waals surface area (Å²) in [4.78, 5) is 11.0. The van der Waals surface area contributed by atoms with E-state index in [2.05, 4.69) is 31.1 Å². The van der Waals surface area contributed by atoms with Gasteiger partial charge in [-0.05, 0) is 18.2 Å². The maximum absolute atomic E-state index is 11.0. The fraction of sp³-hybridized carbons (Fsp3) is 0.308. The molecule has 0 fully saturated rings. The van der Waals surface area contributed by atoms with Gasteiger partial charge < -0.3 is 5.11 Å². The minimum absolute atomic E-state index is 0.108. The zero-order valence-electron chi connectivity index (χ0n) is 10.6. The van der Waals surface area contributed by atoms with Crippen LogP contribution >= 0.6 is 0 Å². The molecule has 1 aromatic carbocycles. The summed E-state index contributed by atoms with van der Waals surface area (Å²) in [7, 11) is 0. The summed E-state index contributed by atoms with van der Waals surface area (Å²) in [6.45, 7) is 6.18. The molecule has 0 saturated carbocycles. The maximum Gasteiger partial charge on any atom is 0.335 e. The third-order valence-electron chi connectivity index (χ3n) is 2.66. The lowest BCUT2D eigenvalue weighted by molar-refractivity contribution is 0.0697. The number of rotatable bonds is 2. The third-order valence-corrected chi connectivity index (χ3v) is 2.66. The molecule has 0 amide bonds. The van der Waals surface area contributed by atoms with E-state index in [0.29, 0.717) is 5.69 Å². The summed E-state index contributed by atoms with van der Waals surface area (Å²) in [5.41, 5.74) is 1.77. The van der Waals surface area contributed by atoms with E-state index < -0.39 is 5.97 Å². The second-order valence-electron chi connectivity index (χ2n) is 5.14. The van der Waals surface area contributed by atoms with Crippen LogP contribution in [0.1, 0.15) is 36.8 Å². The fourth-order valence-corrected chi connectivity index (χ4v) is 1.71. The van der Waals surface area contributed by atoms with Crippen molar-refractivity contribution in [2.45, 2.75) is 26.2 Å². The molecule has 5 heteroatoms. The number of hydrogen-bond donors (Lipinski definition) is 1. The van der Waals surface area contributed by atoms with Crippen molar-refractivity contribution in [1.82, 2.24) is 15.0 Å². The predicted molar refractivity (Wildman–Crippen MR) is 67.0 cm³/mol. The number of carboxylic acids is 1. The Morgan fingerprint density at radius 1 is 1.33 bits per heavy atom. The normalized spacial score (nSPS) is 11.5.